The Labute approximate surface area is 160 Å². The van der Waals surface area contributed by atoms with Gasteiger partial charge in [0.25, 0.3) is 5.91 Å². The molecule has 138 valence electrons. The third kappa shape index (κ3) is 5.33. The molecule has 0 aliphatic carbocycles. The highest BCUT2D eigenvalue weighted by Gasteiger charge is 2.26. The van der Waals surface area contributed by atoms with Crippen LogP contribution in [0.5, 0.6) is 0 Å². The van der Waals surface area contributed by atoms with Crippen molar-refractivity contribution in [3.8, 4) is 0 Å². The lowest BCUT2D eigenvalue weighted by Gasteiger charge is -2.24. The monoisotopic (exact) mass is 372 g/mol. The molecule has 0 saturated carbocycles. The minimum absolute atomic E-state index is 0.0517. The molecule has 2 amide bonds. The second-order valence-corrected chi connectivity index (χ2v) is 7.05. The number of alkyl halides is 1. The maximum atomic E-state index is 12.9. The highest BCUT2D eigenvalue weighted by Crippen LogP contribution is 2.18. The van der Waals surface area contributed by atoms with Crippen LogP contribution >= 0.6 is 11.6 Å². The lowest BCUT2D eigenvalue weighted by molar-refractivity contribution is -0.128. The number of rotatable bonds is 8. The van der Waals surface area contributed by atoms with Crippen LogP contribution < -0.4 is 10.2 Å². The number of carbonyl (C=O) groups excluding carboxylic acids is 2. The van der Waals surface area contributed by atoms with E-state index in [0.717, 1.165) is 5.69 Å². The quantitative estimate of drug-likeness (QED) is 0.560. The standard InChI is InChI=1S/C21H25ClN2O2/c1-21(2,16-22)20(26)23-14-9-15-24(18-12-7-4-8-13-18)19(25)17-10-5-3-6-11-17/h3-8,10-13H,9,14-16H2,1-2H3,(H,23,26). The van der Waals surface area contributed by atoms with Gasteiger partial charge in [-0.25, -0.2) is 0 Å². The smallest absolute Gasteiger partial charge is 0.258 e. The fraction of sp³-hybridized carbons (Fsp3) is 0.333. The van der Waals surface area contributed by atoms with Gasteiger partial charge in [-0.05, 0) is 44.5 Å². The number of halogens is 1. The molecular weight excluding hydrogens is 348 g/mol. The summed E-state index contributed by atoms with van der Waals surface area (Å²) in [7, 11) is 0. The Kier molecular flexibility index (Phi) is 7.22. The van der Waals surface area contributed by atoms with E-state index in [4.69, 9.17) is 11.6 Å². The van der Waals surface area contributed by atoms with Gasteiger partial charge in [-0.2, -0.15) is 0 Å². The molecular formula is C21H25ClN2O2. The van der Waals surface area contributed by atoms with Crippen molar-refractivity contribution in [2.24, 2.45) is 5.41 Å². The molecule has 2 rings (SSSR count). The van der Waals surface area contributed by atoms with Crippen molar-refractivity contribution < 1.29 is 9.59 Å². The molecule has 0 unspecified atom stereocenters. The van der Waals surface area contributed by atoms with Crippen molar-refractivity contribution in [1.82, 2.24) is 5.32 Å². The van der Waals surface area contributed by atoms with Crippen LogP contribution in [0.2, 0.25) is 0 Å². The minimum atomic E-state index is -0.597. The molecule has 26 heavy (non-hydrogen) atoms. The van der Waals surface area contributed by atoms with Crippen LogP contribution in [0.25, 0.3) is 0 Å². The first-order valence-corrected chi connectivity index (χ1v) is 9.25. The summed E-state index contributed by atoms with van der Waals surface area (Å²) >= 11 is 5.83. The van der Waals surface area contributed by atoms with Crippen molar-refractivity contribution >= 4 is 29.1 Å². The number of benzene rings is 2. The fourth-order valence-corrected chi connectivity index (χ4v) is 2.55. The summed E-state index contributed by atoms with van der Waals surface area (Å²) in [5, 5.41) is 2.90. The zero-order chi connectivity index (χ0) is 19.0. The van der Waals surface area contributed by atoms with E-state index in [1.165, 1.54) is 0 Å². The van der Waals surface area contributed by atoms with Crippen LogP contribution in [-0.2, 0) is 4.79 Å². The number of amides is 2. The van der Waals surface area contributed by atoms with Crippen molar-refractivity contribution in [3.05, 3.63) is 66.2 Å². The SMILES string of the molecule is CC(C)(CCl)C(=O)NCCCN(C(=O)c1ccccc1)c1ccccc1. The second kappa shape index (κ2) is 9.39. The van der Waals surface area contributed by atoms with Gasteiger partial charge in [0.15, 0.2) is 0 Å². The molecule has 0 atom stereocenters. The molecule has 5 heteroatoms. The van der Waals surface area contributed by atoms with Crippen LogP contribution in [0.15, 0.2) is 60.7 Å². The highest BCUT2D eigenvalue weighted by atomic mass is 35.5. The summed E-state index contributed by atoms with van der Waals surface area (Å²) in [5.74, 6) is 0.138. The first-order valence-electron chi connectivity index (χ1n) is 8.72. The van der Waals surface area contributed by atoms with Crippen molar-refractivity contribution in [2.45, 2.75) is 20.3 Å². The summed E-state index contributed by atoms with van der Waals surface area (Å²) in [4.78, 5) is 26.7. The largest absolute Gasteiger partial charge is 0.356 e. The Morgan fingerprint density at radius 1 is 1.00 bits per heavy atom. The Morgan fingerprint density at radius 2 is 1.58 bits per heavy atom. The Balaban J connectivity index is 2.02. The number of carbonyl (C=O) groups is 2. The maximum Gasteiger partial charge on any atom is 0.258 e. The van der Waals surface area contributed by atoms with Crippen LogP contribution in [0, 0.1) is 5.41 Å². The molecule has 0 aliphatic heterocycles. The molecule has 0 heterocycles. The second-order valence-electron chi connectivity index (χ2n) is 6.79. The average Bonchev–Trinajstić information content (AvgIpc) is 2.68. The van der Waals surface area contributed by atoms with Gasteiger partial charge in [-0.1, -0.05) is 36.4 Å². The molecule has 0 saturated heterocycles. The maximum absolute atomic E-state index is 12.9. The van der Waals surface area contributed by atoms with Crippen LogP contribution in [0.1, 0.15) is 30.6 Å². The van der Waals surface area contributed by atoms with Gasteiger partial charge in [-0.3, -0.25) is 9.59 Å². The molecule has 0 bridgehead atoms. The predicted molar refractivity (Wildman–Crippen MR) is 107 cm³/mol. The summed E-state index contributed by atoms with van der Waals surface area (Å²) < 4.78 is 0. The average molecular weight is 373 g/mol. The van der Waals surface area contributed by atoms with Crippen LogP contribution in [0.3, 0.4) is 0 Å². The zero-order valence-electron chi connectivity index (χ0n) is 15.2. The van der Waals surface area contributed by atoms with E-state index in [1.807, 2.05) is 74.5 Å². The highest BCUT2D eigenvalue weighted by molar-refractivity contribution is 6.19. The van der Waals surface area contributed by atoms with E-state index >= 15 is 0 Å². The van der Waals surface area contributed by atoms with E-state index in [0.29, 0.717) is 25.1 Å². The lowest BCUT2D eigenvalue weighted by Crippen LogP contribution is -2.40. The summed E-state index contributed by atoms with van der Waals surface area (Å²) in [6, 6.07) is 18.8. The first kappa shape index (κ1) is 20.0. The molecule has 0 aliphatic rings. The Morgan fingerprint density at radius 3 is 2.15 bits per heavy atom. The molecule has 0 fully saturated rings. The van der Waals surface area contributed by atoms with Gasteiger partial charge >= 0.3 is 0 Å². The van der Waals surface area contributed by atoms with Crippen LogP contribution in [-0.4, -0.2) is 30.8 Å². The van der Waals surface area contributed by atoms with Crippen molar-refractivity contribution in [2.75, 3.05) is 23.9 Å². The van der Waals surface area contributed by atoms with Gasteiger partial charge in [0, 0.05) is 30.2 Å². The normalized spacial score (nSPS) is 11.0. The van der Waals surface area contributed by atoms with E-state index in [9.17, 15) is 9.59 Å². The fourth-order valence-electron chi connectivity index (χ4n) is 2.43. The van der Waals surface area contributed by atoms with E-state index in [1.54, 1.807) is 4.90 Å². The van der Waals surface area contributed by atoms with E-state index in [-0.39, 0.29) is 17.7 Å². The molecule has 0 spiro atoms. The van der Waals surface area contributed by atoms with E-state index < -0.39 is 5.41 Å². The van der Waals surface area contributed by atoms with Gasteiger partial charge < -0.3 is 10.2 Å². The van der Waals surface area contributed by atoms with E-state index in [2.05, 4.69) is 5.32 Å². The summed E-state index contributed by atoms with van der Waals surface area (Å²) in [5.41, 5.74) is 0.887. The molecule has 1 N–H and O–H groups in total. The summed E-state index contributed by atoms with van der Waals surface area (Å²) in [6.45, 7) is 4.62. The van der Waals surface area contributed by atoms with Crippen LogP contribution in [0.4, 0.5) is 5.69 Å². The molecule has 0 radical (unpaired) electrons. The predicted octanol–water partition coefficient (Wildman–Crippen LogP) is 4.10. The molecule has 0 aromatic heterocycles. The Bertz CT molecular complexity index is 717. The van der Waals surface area contributed by atoms with Crippen molar-refractivity contribution in [1.29, 1.82) is 0 Å². The number of nitrogens with one attached hydrogen (secondary N) is 1. The number of nitrogens with zero attached hydrogens (tertiary/aromatic N) is 1. The number of para-hydroxylation sites is 1. The number of hydrogen-bond acceptors (Lipinski definition) is 2. The van der Waals surface area contributed by atoms with Gasteiger partial charge in [0.05, 0.1) is 5.41 Å². The lowest BCUT2D eigenvalue weighted by atomic mass is 9.95. The molecule has 2 aromatic rings. The van der Waals surface area contributed by atoms with Crippen molar-refractivity contribution in [3.63, 3.8) is 0 Å². The Hall–Kier alpha value is -2.33. The molecule has 4 nitrogen and oxygen atoms in total. The third-order valence-corrected chi connectivity index (χ3v) is 4.79. The van der Waals surface area contributed by atoms with Gasteiger partial charge in [0.1, 0.15) is 0 Å². The first-order chi connectivity index (χ1) is 12.5. The van der Waals surface area contributed by atoms with Gasteiger partial charge in [-0.15, -0.1) is 11.6 Å². The molecule has 2 aromatic carbocycles. The third-order valence-electron chi connectivity index (χ3n) is 4.13. The zero-order valence-corrected chi connectivity index (χ0v) is 16.0. The van der Waals surface area contributed by atoms with Gasteiger partial charge in [0.2, 0.25) is 5.91 Å². The minimum Gasteiger partial charge on any atom is -0.356 e. The summed E-state index contributed by atoms with van der Waals surface area (Å²) in [6.07, 6.45) is 0.650. The number of hydrogen-bond donors (Lipinski definition) is 1. The number of anilines is 1. The topological polar surface area (TPSA) is 49.4 Å².